The molecule has 0 amide bonds. The molecule has 2 rings (SSSR count). The number of rotatable bonds is 4. The molecule has 1 aliphatic heterocycles. The number of nitrogens with one attached hydrogen (secondary N) is 1. The minimum absolute atomic E-state index is 0.0668. The summed E-state index contributed by atoms with van der Waals surface area (Å²) in [5.74, 6) is 0. The first kappa shape index (κ1) is 18.4. The van der Waals surface area contributed by atoms with Gasteiger partial charge in [0.25, 0.3) is 0 Å². The minimum Gasteiger partial charge on any atom is -0.317 e. The highest BCUT2D eigenvalue weighted by Crippen LogP contribution is 2.28. The lowest BCUT2D eigenvalue weighted by atomic mass is 10.1. The number of hydrogen-bond acceptors (Lipinski definition) is 5. The van der Waals surface area contributed by atoms with Crippen LogP contribution >= 0.6 is 0 Å². The van der Waals surface area contributed by atoms with Crippen molar-refractivity contribution in [2.24, 2.45) is 0 Å². The van der Waals surface area contributed by atoms with E-state index in [4.69, 9.17) is 0 Å². The summed E-state index contributed by atoms with van der Waals surface area (Å²) in [5.41, 5.74) is 0.909. The number of nitrogens with zero attached hydrogens (tertiary/aromatic N) is 1. The zero-order valence-corrected chi connectivity index (χ0v) is 15.6. The Morgan fingerprint density at radius 3 is 2.09 bits per heavy atom. The van der Waals surface area contributed by atoms with Gasteiger partial charge >= 0.3 is 0 Å². The molecule has 1 N–H and O–H groups in total. The van der Waals surface area contributed by atoms with Crippen LogP contribution in [0.1, 0.15) is 24.0 Å². The fraction of sp³-hybridized carbons (Fsp3) is 0.600. The molecule has 23 heavy (non-hydrogen) atoms. The first-order valence-corrected chi connectivity index (χ1v) is 10.9. The predicted molar refractivity (Wildman–Crippen MR) is 89.9 cm³/mol. The van der Waals surface area contributed by atoms with E-state index in [-0.39, 0.29) is 15.8 Å². The first-order chi connectivity index (χ1) is 10.5. The summed E-state index contributed by atoms with van der Waals surface area (Å²) in [6.07, 6.45) is 2.60. The maximum absolute atomic E-state index is 13.0. The predicted octanol–water partition coefficient (Wildman–Crippen LogP) is 1.08. The van der Waals surface area contributed by atoms with Crippen molar-refractivity contribution in [2.45, 2.75) is 42.5 Å². The highest BCUT2D eigenvalue weighted by atomic mass is 32.2. The second-order valence-corrected chi connectivity index (χ2v) is 10.1. The van der Waals surface area contributed by atoms with Crippen LogP contribution in [0.5, 0.6) is 0 Å². The molecular formula is C15H24N2O4S2. The third kappa shape index (κ3) is 3.76. The third-order valence-corrected chi connectivity index (χ3v) is 7.60. The van der Waals surface area contributed by atoms with E-state index < -0.39 is 19.9 Å². The molecule has 0 radical (unpaired) electrons. The van der Waals surface area contributed by atoms with Gasteiger partial charge in [0, 0.05) is 19.3 Å². The summed E-state index contributed by atoms with van der Waals surface area (Å²) in [4.78, 5) is 0.161. The molecular weight excluding hydrogens is 336 g/mol. The van der Waals surface area contributed by atoms with Crippen molar-refractivity contribution < 1.29 is 16.8 Å². The molecule has 130 valence electrons. The van der Waals surface area contributed by atoms with E-state index in [9.17, 15) is 16.8 Å². The topological polar surface area (TPSA) is 83.5 Å². The van der Waals surface area contributed by atoms with E-state index in [2.05, 4.69) is 5.32 Å². The van der Waals surface area contributed by atoms with E-state index in [1.165, 1.54) is 10.4 Å². The summed E-state index contributed by atoms with van der Waals surface area (Å²) in [6.45, 7) is 4.83. The fourth-order valence-electron chi connectivity index (χ4n) is 2.97. The molecule has 0 bridgehead atoms. The minimum atomic E-state index is -3.73. The summed E-state index contributed by atoms with van der Waals surface area (Å²) in [7, 11) is -5.64. The summed E-state index contributed by atoms with van der Waals surface area (Å²) >= 11 is 0. The number of benzene rings is 1. The van der Waals surface area contributed by atoms with Crippen LogP contribution in [-0.2, 0) is 19.9 Å². The maximum Gasteiger partial charge on any atom is 0.243 e. The zero-order chi connectivity index (χ0) is 17.4. The fourth-order valence-corrected chi connectivity index (χ4v) is 5.84. The van der Waals surface area contributed by atoms with E-state index in [1.54, 1.807) is 27.0 Å². The molecule has 1 saturated heterocycles. The lowest BCUT2D eigenvalue weighted by molar-refractivity contribution is 0.296. The van der Waals surface area contributed by atoms with Crippen molar-refractivity contribution in [3.05, 3.63) is 23.3 Å². The highest BCUT2D eigenvalue weighted by molar-refractivity contribution is 7.91. The van der Waals surface area contributed by atoms with Gasteiger partial charge in [0.1, 0.15) is 0 Å². The van der Waals surface area contributed by atoms with Crippen LogP contribution in [0, 0.1) is 13.8 Å². The summed E-state index contributed by atoms with van der Waals surface area (Å²) < 4.78 is 51.3. The molecule has 0 unspecified atom stereocenters. The Bertz CT molecular complexity index is 795. The molecule has 0 saturated carbocycles. The van der Waals surface area contributed by atoms with Crippen molar-refractivity contribution >= 4 is 19.9 Å². The van der Waals surface area contributed by atoms with Gasteiger partial charge in [0.05, 0.1) is 9.79 Å². The molecule has 1 aromatic rings. The average molecular weight is 361 g/mol. The first-order valence-electron chi connectivity index (χ1n) is 7.55. The molecule has 0 atom stereocenters. The maximum atomic E-state index is 13.0. The van der Waals surface area contributed by atoms with Gasteiger partial charge in [-0.25, -0.2) is 16.8 Å². The van der Waals surface area contributed by atoms with Crippen molar-refractivity contribution in [3.8, 4) is 0 Å². The molecule has 1 fully saturated rings. The molecule has 1 aromatic carbocycles. The smallest absolute Gasteiger partial charge is 0.243 e. The molecule has 0 aromatic heterocycles. The van der Waals surface area contributed by atoms with Crippen molar-refractivity contribution in [3.63, 3.8) is 0 Å². The van der Waals surface area contributed by atoms with E-state index >= 15 is 0 Å². The molecule has 6 nitrogen and oxygen atoms in total. The van der Waals surface area contributed by atoms with Gasteiger partial charge in [0.15, 0.2) is 9.84 Å². The molecule has 1 heterocycles. The summed E-state index contributed by atoms with van der Waals surface area (Å²) in [5, 5.41) is 3.21. The average Bonchev–Trinajstić information content (AvgIpc) is 2.48. The Labute approximate surface area is 138 Å². The van der Waals surface area contributed by atoms with Gasteiger partial charge in [-0.2, -0.15) is 4.31 Å². The third-order valence-electron chi connectivity index (χ3n) is 4.34. The second-order valence-electron chi connectivity index (χ2n) is 6.16. The second kappa shape index (κ2) is 6.51. The number of hydrogen-bond donors (Lipinski definition) is 1. The molecule has 1 aliphatic rings. The molecule has 8 heteroatoms. The Morgan fingerprint density at radius 1 is 1.04 bits per heavy atom. The van der Waals surface area contributed by atoms with E-state index in [1.807, 2.05) is 0 Å². The van der Waals surface area contributed by atoms with Crippen molar-refractivity contribution in [2.75, 3.05) is 26.4 Å². The largest absolute Gasteiger partial charge is 0.317 e. The lowest BCUT2D eigenvalue weighted by Gasteiger charge is -2.31. The Balaban J connectivity index is 2.53. The zero-order valence-electron chi connectivity index (χ0n) is 14.0. The van der Waals surface area contributed by atoms with Gasteiger partial charge in [0.2, 0.25) is 10.0 Å². The summed E-state index contributed by atoms with van der Waals surface area (Å²) in [6, 6.07) is 3.01. The Morgan fingerprint density at radius 2 is 1.57 bits per heavy atom. The van der Waals surface area contributed by atoms with Gasteiger partial charge in [-0.3, -0.25) is 0 Å². The quantitative estimate of drug-likeness (QED) is 0.869. The van der Waals surface area contributed by atoms with Crippen molar-refractivity contribution in [1.29, 1.82) is 0 Å². The van der Waals surface area contributed by atoms with Gasteiger partial charge in [-0.15, -0.1) is 0 Å². The van der Waals surface area contributed by atoms with Crippen LogP contribution in [0.4, 0.5) is 0 Å². The van der Waals surface area contributed by atoms with Crippen LogP contribution in [0.3, 0.4) is 0 Å². The normalized spacial score (nSPS) is 17.6. The van der Waals surface area contributed by atoms with Crippen LogP contribution in [0.15, 0.2) is 21.9 Å². The number of piperidine rings is 1. The van der Waals surface area contributed by atoms with E-state index in [0.717, 1.165) is 32.2 Å². The van der Waals surface area contributed by atoms with Gasteiger partial charge < -0.3 is 5.32 Å². The monoisotopic (exact) mass is 360 g/mol. The SMILES string of the molecule is Cc1cc(S(C)(=O)=O)c(C)c(S(=O)(=O)N(C)C2CCNCC2)c1. The van der Waals surface area contributed by atoms with Gasteiger partial charge in [-0.1, -0.05) is 0 Å². The Hall–Kier alpha value is -0.960. The number of sulfonamides is 1. The molecule has 0 spiro atoms. The number of sulfone groups is 1. The van der Waals surface area contributed by atoms with Crippen LogP contribution < -0.4 is 5.32 Å². The van der Waals surface area contributed by atoms with Crippen LogP contribution in [-0.4, -0.2) is 53.6 Å². The Kier molecular flexibility index (Phi) is 5.20. The van der Waals surface area contributed by atoms with E-state index in [0.29, 0.717) is 11.1 Å². The van der Waals surface area contributed by atoms with Crippen LogP contribution in [0.2, 0.25) is 0 Å². The standard InChI is InChI=1S/C15H24N2O4S2/c1-11-9-14(22(4,18)19)12(2)15(10-11)23(20,21)17(3)13-5-7-16-8-6-13/h9-10,13,16H,5-8H2,1-4H3. The van der Waals surface area contributed by atoms with Crippen molar-refractivity contribution in [1.82, 2.24) is 9.62 Å². The lowest BCUT2D eigenvalue weighted by Crippen LogP contribution is -2.44. The highest BCUT2D eigenvalue weighted by Gasteiger charge is 2.31. The number of aryl methyl sites for hydroxylation is 1. The molecule has 0 aliphatic carbocycles. The van der Waals surface area contributed by atoms with Crippen LogP contribution in [0.25, 0.3) is 0 Å². The van der Waals surface area contributed by atoms with Gasteiger partial charge in [-0.05, 0) is 63.0 Å².